The van der Waals surface area contributed by atoms with Gasteiger partial charge in [-0.2, -0.15) is 0 Å². The molecule has 0 radical (unpaired) electrons. The average Bonchev–Trinajstić information content (AvgIpc) is 2.48. The van der Waals surface area contributed by atoms with Gasteiger partial charge in [0, 0.05) is 22.0 Å². The first-order chi connectivity index (χ1) is 9.72. The first-order valence-electron chi connectivity index (χ1n) is 6.25. The van der Waals surface area contributed by atoms with Crippen molar-refractivity contribution in [2.75, 3.05) is 5.32 Å². The molecule has 0 unspecified atom stereocenters. The van der Waals surface area contributed by atoms with Crippen LogP contribution in [-0.4, -0.2) is 4.98 Å². The molecule has 0 bridgehead atoms. The van der Waals surface area contributed by atoms with Crippen LogP contribution in [0.3, 0.4) is 0 Å². The Bertz CT molecular complexity index is 758. The lowest BCUT2D eigenvalue weighted by molar-refractivity contribution is 0.612. The molecule has 3 rings (SSSR count). The first-order valence-corrected chi connectivity index (χ1v) is 7.04. The van der Waals surface area contributed by atoms with Crippen molar-refractivity contribution in [3.05, 3.63) is 70.6 Å². The zero-order valence-electron chi connectivity index (χ0n) is 10.6. The molecular weight excluding hydrogens is 319 g/mol. The molecule has 0 saturated carbocycles. The zero-order valence-corrected chi connectivity index (χ0v) is 12.2. The predicted octanol–water partition coefficient (Wildman–Crippen LogP) is 4.75. The summed E-state index contributed by atoms with van der Waals surface area (Å²) in [6.45, 7) is 0.422. The number of nitrogens with one attached hydrogen (secondary N) is 1. The summed E-state index contributed by atoms with van der Waals surface area (Å²) in [6.07, 6.45) is 1.76. The summed E-state index contributed by atoms with van der Waals surface area (Å²) < 4.78 is 14.5. The Morgan fingerprint density at radius 2 is 1.95 bits per heavy atom. The minimum absolute atomic E-state index is 0.213. The normalized spacial score (nSPS) is 10.7. The highest BCUT2D eigenvalue weighted by Crippen LogP contribution is 2.19. The molecule has 3 aromatic rings. The SMILES string of the molecule is Fc1ccc(Br)cc1CNc1cnc2ccccc2c1. The fourth-order valence-electron chi connectivity index (χ4n) is 2.04. The summed E-state index contributed by atoms with van der Waals surface area (Å²) in [6, 6.07) is 14.8. The van der Waals surface area contributed by atoms with Crippen molar-refractivity contribution in [2.45, 2.75) is 6.54 Å². The van der Waals surface area contributed by atoms with Gasteiger partial charge in [0.15, 0.2) is 0 Å². The van der Waals surface area contributed by atoms with Crippen LogP contribution in [-0.2, 0) is 6.54 Å². The summed E-state index contributed by atoms with van der Waals surface area (Å²) in [5.74, 6) is -0.213. The summed E-state index contributed by atoms with van der Waals surface area (Å²) in [4.78, 5) is 4.37. The van der Waals surface area contributed by atoms with E-state index >= 15 is 0 Å². The smallest absolute Gasteiger partial charge is 0.128 e. The number of hydrogen-bond acceptors (Lipinski definition) is 2. The molecule has 2 nitrogen and oxygen atoms in total. The van der Waals surface area contributed by atoms with Crippen molar-refractivity contribution in [1.82, 2.24) is 4.98 Å². The van der Waals surface area contributed by atoms with E-state index in [0.29, 0.717) is 12.1 Å². The minimum atomic E-state index is -0.213. The van der Waals surface area contributed by atoms with E-state index in [-0.39, 0.29) is 5.82 Å². The highest BCUT2D eigenvalue weighted by molar-refractivity contribution is 9.10. The lowest BCUT2D eigenvalue weighted by Gasteiger charge is -2.08. The number of aromatic nitrogens is 1. The predicted molar refractivity (Wildman–Crippen MR) is 83.2 cm³/mol. The Morgan fingerprint density at radius 1 is 1.10 bits per heavy atom. The third-order valence-corrected chi connectivity index (χ3v) is 3.57. The van der Waals surface area contributed by atoms with Gasteiger partial charge >= 0.3 is 0 Å². The molecule has 1 aromatic heterocycles. The molecule has 0 fully saturated rings. The van der Waals surface area contributed by atoms with Crippen LogP contribution in [0.2, 0.25) is 0 Å². The number of hydrogen-bond donors (Lipinski definition) is 1. The number of rotatable bonds is 3. The maximum atomic E-state index is 13.6. The van der Waals surface area contributed by atoms with E-state index < -0.39 is 0 Å². The molecule has 1 N–H and O–H groups in total. The van der Waals surface area contributed by atoms with Crippen molar-refractivity contribution >= 4 is 32.5 Å². The molecule has 2 aromatic carbocycles. The van der Waals surface area contributed by atoms with Gasteiger partial charge in [-0.1, -0.05) is 34.1 Å². The molecule has 0 saturated heterocycles. The van der Waals surface area contributed by atoms with E-state index in [4.69, 9.17) is 0 Å². The van der Waals surface area contributed by atoms with Crippen LogP contribution in [0.4, 0.5) is 10.1 Å². The van der Waals surface area contributed by atoms with Crippen LogP contribution >= 0.6 is 15.9 Å². The van der Waals surface area contributed by atoms with Gasteiger partial charge in [0.25, 0.3) is 0 Å². The second-order valence-corrected chi connectivity index (χ2v) is 5.42. The number of para-hydroxylation sites is 1. The number of halogens is 2. The van der Waals surface area contributed by atoms with Gasteiger partial charge in [-0.05, 0) is 30.3 Å². The summed E-state index contributed by atoms with van der Waals surface area (Å²) in [7, 11) is 0. The van der Waals surface area contributed by atoms with Crippen LogP contribution < -0.4 is 5.32 Å². The van der Waals surface area contributed by atoms with Crippen molar-refractivity contribution in [3.63, 3.8) is 0 Å². The minimum Gasteiger partial charge on any atom is -0.380 e. The third-order valence-electron chi connectivity index (χ3n) is 3.08. The van der Waals surface area contributed by atoms with E-state index in [1.165, 1.54) is 6.07 Å². The molecule has 4 heteroatoms. The molecule has 0 aliphatic heterocycles. The molecule has 20 heavy (non-hydrogen) atoms. The van der Waals surface area contributed by atoms with Gasteiger partial charge in [-0.3, -0.25) is 4.98 Å². The highest BCUT2D eigenvalue weighted by Gasteiger charge is 2.03. The zero-order chi connectivity index (χ0) is 13.9. The lowest BCUT2D eigenvalue weighted by atomic mass is 10.2. The maximum absolute atomic E-state index is 13.6. The van der Waals surface area contributed by atoms with Crippen molar-refractivity contribution in [1.29, 1.82) is 0 Å². The standard InChI is InChI=1S/C16H12BrFN2/c17-13-5-6-15(18)12(7-13)9-19-14-8-11-3-1-2-4-16(11)20-10-14/h1-8,10,19H,9H2. The molecule has 100 valence electrons. The maximum Gasteiger partial charge on any atom is 0.128 e. The van der Waals surface area contributed by atoms with Crippen molar-refractivity contribution in [3.8, 4) is 0 Å². The van der Waals surface area contributed by atoms with Crippen LogP contribution in [0.1, 0.15) is 5.56 Å². The molecule has 0 amide bonds. The van der Waals surface area contributed by atoms with Gasteiger partial charge in [-0.15, -0.1) is 0 Å². The quantitative estimate of drug-likeness (QED) is 0.749. The van der Waals surface area contributed by atoms with Crippen LogP contribution in [0, 0.1) is 5.82 Å². The monoisotopic (exact) mass is 330 g/mol. The Hall–Kier alpha value is -1.94. The second-order valence-electron chi connectivity index (χ2n) is 4.51. The van der Waals surface area contributed by atoms with E-state index in [0.717, 1.165) is 21.1 Å². The molecule has 0 aliphatic rings. The largest absolute Gasteiger partial charge is 0.380 e. The second kappa shape index (κ2) is 5.59. The molecule has 0 atom stereocenters. The molecule has 1 heterocycles. The van der Waals surface area contributed by atoms with Crippen LogP contribution in [0.5, 0.6) is 0 Å². The molecule has 0 aliphatic carbocycles. The molecule has 0 spiro atoms. The number of pyridine rings is 1. The van der Waals surface area contributed by atoms with E-state index in [9.17, 15) is 4.39 Å². The van der Waals surface area contributed by atoms with E-state index in [1.807, 2.05) is 30.3 Å². The number of fused-ring (bicyclic) bond motifs is 1. The van der Waals surface area contributed by atoms with E-state index in [1.54, 1.807) is 18.3 Å². The Balaban J connectivity index is 1.81. The van der Waals surface area contributed by atoms with Crippen LogP contribution in [0.15, 0.2) is 59.2 Å². The van der Waals surface area contributed by atoms with E-state index in [2.05, 4.69) is 26.2 Å². The molecular formula is C16H12BrFN2. The van der Waals surface area contributed by atoms with Gasteiger partial charge in [0.2, 0.25) is 0 Å². The van der Waals surface area contributed by atoms with Gasteiger partial charge < -0.3 is 5.32 Å². The van der Waals surface area contributed by atoms with Gasteiger partial charge in [-0.25, -0.2) is 4.39 Å². The van der Waals surface area contributed by atoms with Gasteiger partial charge in [0.1, 0.15) is 5.82 Å². The average molecular weight is 331 g/mol. The first kappa shape index (κ1) is 13.1. The number of nitrogens with zero attached hydrogens (tertiary/aromatic N) is 1. The lowest BCUT2D eigenvalue weighted by Crippen LogP contribution is -2.02. The Morgan fingerprint density at radius 3 is 2.85 bits per heavy atom. The fourth-order valence-corrected chi connectivity index (χ4v) is 2.45. The third kappa shape index (κ3) is 2.80. The summed E-state index contributed by atoms with van der Waals surface area (Å²) >= 11 is 3.35. The van der Waals surface area contributed by atoms with Crippen LogP contribution in [0.25, 0.3) is 10.9 Å². The fraction of sp³-hybridized carbons (Fsp3) is 0.0625. The van der Waals surface area contributed by atoms with Crippen molar-refractivity contribution < 1.29 is 4.39 Å². The number of benzene rings is 2. The highest BCUT2D eigenvalue weighted by atomic mass is 79.9. The number of anilines is 1. The summed E-state index contributed by atoms with van der Waals surface area (Å²) in [5.41, 5.74) is 2.45. The topological polar surface area (TPSA) is 24.9 Å². The summed E-state index contributed by atoms with van der Waals surface area (Å²) in [5, 5.41) is 4.26. The Kier molecular flexibility index (Phi) is 3.65. The van der Waals surface area contributed by atoms with Gasteiger partial charge in [0.05, 0.1) is 17.4 Å². The Labute approximate surface area is 124 Å². The van der Waals surface area contributed by atoms with Crippen molar-refractivity contribution in [2.24, 2.45) is 0 Å².